The fraction of sp³-hybridized carbons (Fsp3) is 0.200. The van der Waals surface area contributed by atoms with Crippen LogP contribution in [0.15, 0.2) is 51.8 Å². The van der Waals surface area contributed by atoms with E-state index in [0.717, 1.165) is 14.9 Å². The first-order valence-electron chi connectivity index (χ1n) is 6.05. The minimum absolute atomic E-state index is 0.469. The van der Waals surface area contributed by atoms with Gasteiger partial charge in [-0.05, 0) is 51.8 Å². The van der Waals surface area contributed by atoms with Crippen LogP contribution in [-0.2, 0) is 6.42 Å². The summed E-state index contributed by atoms with van der Waals surface area (Å²) in [5.41, 5.74) is 0.874. The van der Waals surface area contributed by atoms with Crippen molar-refractivity contribution < 1.29 is 5.11 Å². The molecule has 1 unspecified atom stereocenters. The van der Waals surface area contributed by atoms with Crippen LogP contribution in [0.1, 0.15) is 5.56 Å². The van der Waals surface area contributed by atoms with Crippen LogP contribution in [-0.4, -0.2) is 17.0 Å². The van der Waals surface area contributed by atoms with Crippen molar-refractivity contribution in [1.82, 2.24) is 0 Å². The molecule has 5 heteroatoms. The molecule has 0 saturated heterocycles. The zero-order valence-electron chi connectivity index (χ0n) is 10.5. The average Bonchev–Trinajstić information content (AvgIpc) is 2.42. The van der Waals surface area contributed by atoms with Crippen molar-refractivity contribution in [3.05, 3.63) is 62.5 Å². The minimum Gasteiger partial charge on any atom is -0.392 e. The molecule has 0 fully saturated rings. The van der Waals surface area contributed by atoms with Crippen molar-refractivity contribution in [2.75, 3.05) is 5.75 Å². The maximum absolute atomic E-state index is 10.1. The molecule has 106 valence electrons. The molecule has 2 aromatic rings. The van der Waals surface area contributed by atoms with Crippen LogP contribution in [0, 0.1) is 0 Å². The standard InChI is InChI=1S/C15H13BrCl2OS/c16-13-3-1-2-4-15(13)20-9-12(19)8-10-7-11(17)5-6-14(10)18/h1-7,12,19H,8-9H2. The Balaban J connectivity index is 1.94. The van der Waals surface area contributed by atoms with Gasteiger partial charge in [-0.3, -0.25) is 0 Å². The van der Waals surface area contributed by atoms with E-state index in [4.69, 9.17) is 23.2 Å². The van der Waals surface area contributed by atoms with E-state index in [1.165, 1.54) is 0 Å². The lowest BCUT2D eigenvalue weighted by Crippen LogP contribution is -2.13. The van der Waals surface area contributed by atoms with Gasteiger partial charge in [-0.1, -0.05) is 35.3 Å². The number of aliphatic hydroxyl groups excluding tert-OH is 1. The number of halogens is 3. The minimum atomic E-state index is -0.469. The lowest BCUT2D eigenvalue weighted by Gasteiger charge is -2.12. The van der Waals surface area contributed by atoms with Crippen LogP contribution < -0.4 is 0 Å². The molecule has 1 nitrogen and oxygen atoms in total. The Hall–Kier alpha value is -0.190. The van der Waals surface area contributed by atoms with Gasteiger partial charge in [0.1, 0.15) is 0 Å². The van der Waals surface area contributed by atoms with Gasteiger partial charge in [0.25, 0.3) is 0 Å². The first kappa shape index (κ1) is 16.2. The number of benzene rings is 2. The molecule has 0 amide bonds. The second-order valence-electron chi connectivity index (χ2n) is 4.34. The molecule has 0 aliphatic rings. The summed E-state index contributed by atoms with van der Waals surface area (Å²) >= 11 is 17.1. The Morgan fingerprint density at radius 1 is 1.15 bits per heavy atom. The second-order valence-corrected chi connectivity index (χ2v) is 7.09. The van der Waals surface area contributed by atoms with Gasteiger partial charge in [0.2, 0.25) is 0 Å². The van der Waals surface area contributed by atoms with Crippen molar-refractivity contribution in [3.8, 4) is 0 Å². The Bertz CT molecular complexity index is 592. The molecule has 2 aromatic carbocycles. The molecule has 0 bridgehead atoms. The Morgan fingerprint density at radius 3 is 2.65 bits per heavy atom. The van der Waals surface area contributed by atoms with Crippen molar-refractivity contribution in [1.29, 1.82) is 0 Å². The Morgan fingerprint density at radius 2 is 1.90 bits per heavy atom. The van der Waals surface area contributed by atoms with Gasteiger partial charge in [0.15, 0.2) is 0 Å². The van der Waals surface area contributed by atoms with Gasteiger partial charge in [0.05, 0.1) is 6.10 Å². The third kappa shape index (κ3) is 4.68. The first-order chi connectivity index (χ1) is 9.56. The fourth-order valence-corrected chi connectivity index (χ4v) is 3.65. The molecule has 0 saturated carbocycles. The summed E-state index contributed by atoms with van der Waals surface area (Å²) in [4.78, 5) is 1.11. The summed E-state index contributed by atoms with van der Waals surface area (Å²) in [5.74, 6) is 0.603. The van der Waals surface area contributed by atoms with Crippen LogP contribution in [0.2, 0.25) is 10.0 Å². The molecule has 0 heterocycles. The third-order valence-electron chi connectivity index (χ3n) is 2.73. The molecule has 0 aliphatic heterocycles. The Kier molecular flexibility index (Phi) is 6.24. The van der Waals surface area contributed by atoms with Crippen molar-refractivity contribution in [3.63, 3.8) is 0 Å². The van der Waals surface area contributed by atoms with E-state index in [0.29, 0.717) is 22.2 Å². The predicted molar refractivity (Wildman–Crippen MR) is 91.0 cm³/mol. The van der Waals surface area contributed by atoms with Gasteiger partial charge in [0, 0.05) is 31.6 Å². The molecule has 20 heavy (non-hydrogen) atoms. The molecule has 0 radical (unpaired) electrons. The summed E-state index contributed by atoms with van der Waals surface area (Å²) in [6, 6.07) is 13.3. The Labute approximate surface area is 141 Å². The van der Waals surface area contributed by atoms with E-state index in [1.807, 2.05) is 24.3 Å². The molecule has 1 N–H and O–H groups in total. The normalized spacial score (nSPS) is 12.4. The topological polar surface area (TPSA) is 20.2 Å². The summed E-state index contributed by atoms with van der Waals surface area (Å²) in [6.45, 7) is 0. The van der Waals surface area contributed by atoms with E-state index < -0.39 is 6.10 Å². The summed E-state index contributed by atoms with van der Waals surface area (Å²) in [5, 5.41) is 11.4. The maximum Gasteiger partial charge on any atom is 0.0674 e. The zero-order chi connectivity index (χ0) is 14.5. The highest BCUT2D eigenvalue weighted by atomic mass is 79.9. The van der Waals surface area contributed by atoms with Gasteiger partial charge in [-0.25, -0.2) is 0 Å². The lowest BCUT2D eigenvalue weighted by molar-refractivity contribution is 0.200. The molecular weight excluding hydrogens is 379 g/mol. The SMILES string of the molecule is OC(CSc1ccccc1Br)Cc1cc(Cl)ccc1Cl. The predicted octanol–water partition coefficient (Wildman–Crippen LogP) is 5.45. The smallest absolute Gasteiger partial charge is 0.0674 e. The van der Waals surface area contributed by atoms with Crippen molar-refractivity contribution >= 4 is 50.9 Å². The molecular formula is C15H13BrCl2OS. The van der Waals surface area contributed by atoms with Crippen LogP contribution in [0.5, 0.6) is 0 Å². The highest BCUT2D eigenvalue weighted by molar-refractivity contribution is 9.10. The summed E-state index contributed by atoms with van der Waals surface area (Å²) in [7, 11) is 0. The van der Waals surface area contributed by atoms with E-state index in [9.17, 15) is 5.11 Å². The molecule has 2 rings (SSSR count). The number of rotatable bonds is 5. The molecule has 1 atom stereocenters. The van der Waals surface area contributed by atoms with Crippen molar-refractivity contribution in [2.24, 2.45) is 0 Å². The number of thioether (sulfide) groups is 1. The summed E-state index contributed by atoms with van der Waals surface area (Å²) in [6.07, 6.45) is 0.0275. The van der Waals surface area contributed by atoms with Crippen LogP contribution in [0.4, 0.5) is 0 Å². The van der Waals surface area contributed by atoms with Gasteiger partial charge in [-0.15, -0.1) is 11.8 Å². The maximum atomic E-state index is 10.1. The highest BCUT2D eigenvalue weighted by Gasteiger charge is 2.10. The van der Waals surface area contributed by atoms with Gasteiger partial charge >= 0.3 is 0 Å². The van der Waals surface area contributed by atoms with Gasteiger partial charge < -0.3 is 5.11 Å². The van der Waals surface area contributed by atoms with Crippen LogP contribution in [0.25, 0.3) is 0 Å². The third-order valence-corrected chi connectivity index (χ3v) is 5.51. The second kappa shape index (κ2) is 7.71. The van der Waals surface area contributed by atoms with Crippen LogP contribution in [0.3, 0.4) is 0 Å². The first-order valence-corrected chi connectivity index (χ1v) is 8.59. The number of hydrogen-bond donors (Lipinski definition) is 1. The highest BCUT2D eigenvalue weighted by Crippen LogP contribution is 2.28. The largest absolute Gasteiger partial charge is 0.392 e. The van der Waals surface area contributed by atoms with E-state index in [-0.39, 0.29) is 0 Å². The quantitative estimate of drug-likeness (QED) is 0.683. The molecule has 0 aromatic heterocycles. The van der Waals surface area contributed by atoms with Gasteiger partial charge in [-0.2, -0.15) is 0 Å². The monoisotopic (exact) mass is 390 g/mol. The number of hydrogen-bond acceptors (Lipinski definition) is 2. The number of aliphatic hydroxyl groups is 1. The lowest BCUT2D eigenvalue weighted by atomic mass is 10.1. The zero-order valence-corrected chi connectivity index (χ0v) is 14.4. The average molecular weight is 392 g/mol. The van der Waals surface area contributed by atoms with Crippen LogP contribution >= 0.6 is 50.9 Å². The van der Waals surface area contributed by atoms with E-state index in [2.05, 4.69) is 15.9 Å². The van der Waals surface area contributed by atoms with E-state index in [1.54, 1.807) is 30.0 Å². The molecule has 0 aliphatic carbocycles. The van der Waals surface area contributed by atoms with Crippen molar-refractivity contribution in [2.45, 2.75) is 17.4 Å². The van der Waals surface area contributed by atoms with E-state index >= 15 is 0 Å². The summed E-state index contributed by atoms with van der Waals surface area (Å²) < 4.78 is 1.04. The molecule has 0 spiro atoms. The fourth-order valence-electron chi connectivity index (χ4n) is 1.76.